The molecule has 0 bridgehead atoms. The van der Waals surface area contributed by atoms with Crippen molar-refractivity contribution in [2.45, 2.75) is 73.6 Å². The zero-order chi connectivity index (χ0) is 19.3. The molecule has 6 nitrogen and oxygen atoms in total. The second-order valence-electron chi connectivity index (χ2n) is 7.26. The van der Waals surface area contributed by atoms with Gasteiger partial charge in [0.1, 0.15) is 5.69 Å². The van der Waals surface area contributed by atoms with Gasteiger partial charge in [0.15, 0.2) is 0 Å². The third kappa shape index (κ3) is 5.59. The third-order valence-corrected chi connectivity index (χ3v) is 4.19. The number of carbonyl (C=O) groups is 2. The van der Waals surface area contributed by atoms with Gasteiger partial charge >= 0.3 is 5.97 Å². The summed E-state index contributed by atoms with van der Waals surface area (Å²) >= 11 is 0. The molecule has 25 heavy (non-hydrogen) atoms. The van der Waals surface area contributed by atoms with Gasteiger partial charge < -0.3 is 15.0 Å². The summed E-state index contributed by atoms with van der Waals surface area (Å²) in [5.41, 5.74) is 2.16. The Morgan fingerprint density at radius 1 is 1.08 bits per heavy atom. The predicted molar refractivity (Wildman–Crippen MR) is 100 cm³/mol. The van der Waals surface area contributed by atoms with E-state index in [0.29, 0.717) is 41.1 Å². The number of ether oxygens (including phenoxy) is 1. The van der Waals surface area contributed by atoms with E-state index in [0.717, 1.165) is 6.54 Å². The van der Waals surface area contributed by atoms with E-state index < -0.39 is 5.97 Å². The number of nitrogens with one attached hydrogen (secondary N) is 2. The van der Waals surface area contributed by atoms with Gasteiger partial charge in [-0.05, 0) is 61.0 Å². The highest BCUT2D eigenvalue weighted by Crippen LogP contribution is 2.19. The molecule has 1 amide bonds. The molecular formula is C19H33N3O3. The molecule has 2 N–H and O–H groups in total. The number of rotatable bonds is 8. The molecule has 0 fully saturated rings. The lowest BCUT2D eigenvalue weighted by atomic mass is 10.1. The van der Waals surface area contributed by atoms with Crippen LogP contribution in [0.2, 0.25) is 0 Å². The first kappa shape index (κ1) is 21.2. The van der Waals surface area contributed by atoms with Crippen LogP contribution in [0.25, 0.3) is 0 Å². The van der Waals surface area contributed by atoms with Crippen molar-refractivity contribution >= 4 is 11.9 Å². The van der Waals surface area contributed by atoms with Gasteiger partial charge in [0.05, 0.1) is 11.7 Å². The van der Waals surface area contributed by atoms with Crippen LogP contribution in [0.15, 0.2) is 0 Å². The number of hydrogen-bond donors (Lipinski definition) is 2. The Hall–Kier alpha value is -1.82. The molecule has 0 radical (unpaired) electrons. The first-order chi connectivity index (χ1) is 11.6. The average Bonchev–Trinajstić information content (AvgIpc) is 2.76. The van der Waals surface area contributed by atoms with Crippen molar-refractivity contribution < 1.29 is 14.3 Å². The number of hydrogen-bond acceptors (Lipinski definition) is 4. The van der Waals surface area contributed by atoms with Crippen molar-refractivity contribution in [1.29, 1.82) is 0 Å². The van der Waals surface area contributed by atoms with Gasteiger partial charge in [-0.3, -0.25) is 9.69 Å². The summed E-state index contributed by atoms with van der Waals surface area (Å²) in [6, 6.07) is 0.840. The molecule has 0 aliphatic carbocycles. The minimum absolute atomic E-state index is 0.198. The fraction of sp³-hybridized carbons (Fsp3) is 0.684. The van der Waals surface area contributed by atoms with Gasteiger partial charge in [-0.15, -0.1) is 0 Å². The van der Waals surface area contributed by atoms with Gasteiger partial charge in [0, 0.05) is 30.9 Å². The first-order valence-electron chi connectivity index (χ1n) is 9.00. The summed E-state index contributed by atoms with van der Waals surface area (Å²) in [7, 11) is 0. The maximum atomic E-state index is 12.5. The standard InChI is InChI=1S/C19H33N3O3/c1-11(2)22(12(3)4)10-9-20-18(23)17-14(7)16(15(8)21-17)19(24)25-13(5)6/h11-13,21H,9-10H2,1-8H3,(H,20,23). The van der Waals surface area contributed by atoms with Crippen LogP contribution >= 0.6 is 0 Å². The molecule has 1 heterocycles. The fourth-order valence-corrected chi connectivity index (χ4v) is 3.06. The molecule has 0 spiro atoms. The number of amides is 1. The minimum Gasteiger partial charge on any atom is -0.459 e. The molecule has 6 heteroatoms. The van der Waals surface area contributed by atoms with E-state index in [4.69, 9.17) is 4.74 Å². The molecule has 1 aromatic rings. The van der Waals surface area contributed by atoms with E-state index in [-0.39, 0.29) is 12.0 Å². The Bertz CT molecular complexity index is 595. The summed E-state index contributed by atoms with van der Waals surface area (Å²) < 4.78 is 5.26. The van der Waals surface area contributed by atoms with Gasteiger partial charge in [-0.1, -0.05) is 0 Å². The number of nitrogens with zero attached hydrogens (tertiary/aromatic N) is 1. The van der Waals surface area contributed by atoms with Crippen molar-refractivity contribution in [2.24, 2.45) is 0 Å². The SMILES string of the molecule is Cc1[nH]c(C(=O)NCCN(C(C)C)C(C)C)c(C)c1C(=O)OC(C)C. The van der Waals surface area contributed by atoms with Crippen LogP contribution in [0.3, 0.4) is 0 Å². The summed E-state index contributed by atoms with van der Waals surface area (Å²) in [6.07, 6.45) is -0.198. The van der Waals surface area contributed by atoms with E-state index in [1.807, 2.05) is 0 Å². The van der Waals surface area contributed by atoms with E-state index in [2.05, 4.69) is 42.9 Å². The monoisotopic (exact) mass is 351 g/mol. The van der Waals surface area contributed by atoms with Crippen molar-refractivity contribution in [3.8, 4) is 0 Å². The maximum Gasteiger partial charge on any atom is 0.340 e. The topological polar surface area (TPSA) is 74.4 Å². The van der Waals surface area contributed by atoms with Crippen LogP contribution in [-0.2, 0) is 4.74 Å². The first-order valence-corrected chi connectivity index (χ1v) is 9.00. The summed E-state index contributed by atoms with van der Waals surface area (Å²) in [5, 5.41) is 2.94. The number of aryl methyl sites for hydroxylation is 1. The van der Waals surface area contributed by atoms with Crippen LogP contribution < -0.4 is 5.32 Å². The number of aromatic amines is 1. The van der Waals surface area contributed by atoms with Crippen LogP contribution in [0.4, 0.5) is 0 Å². The van der Waals surface area contributed by atoms with Crippen molar-refractivity contribution in [1.82, 2.24) is 15.2 Å². The van der Waals surface area contributed by atoms with E-state index in [9.17, 15) is 9.59 Å². The molecule has 0 aromatic carbocycles. The molecule has 0 aliphatic heterocycles. The summed E-state index contributed by atoms with van der Waals surface area (Å²) in [5.74, 6) is -0.595. The Labute approximate surface area is 151 Å². The maximum absolute atomic E-state index is 12.5. The highest BCUT2D eigenvalue weighted by Gasteiger charge is 2.23. The minimum atomic E-state index is -0.397. The van der Waals surface area contributed by atoms with Crippen LogP contribution in [0, 0.1) is 13.8 Å². The van der Waals surface area contributed by atoms with Crippen molar-refractivity contribution in [3.63, 3.8) is 0 Å². The molecule has 142 valence electrons. The quantitative estimate of drug-likeness (QED) is 0.706. The van der Waals surface area contributed by atoms with E-state index >= 15 is 0 Å². The zero-order valence-corrected chi connectivity index (χ0v) is 16.8. The highest BCUT2D eigenvalue weighted by atomic mass is 16.5. The van der Waals surface area contributed by atoms with Crippen LogP contribution in [-0.4, -0.2) is 53.0 Å². The second-order valence-corrected chi connectivity index (χ2v) is 7.26. The fourth-order valence-electron chi connectivity index (χ4n) is 3.06. The van der Waals surface area contributed by atoms with E-state index in [1.54, 1.807) is 27.7 Å². The lowest BCUT2D eigenvalue weighted by molar-refractivity contribution is 0.0376. The molecule has 1 aromatic heterocycles. The zero-order valence-electron chi connectivity index (χ0n) is 16.8. The molecule has 1 rings (SSSR count). The lowest BCUT2D eigenvalue weighted by Gasteiger charge is -2.30. The highest BCUT2D eigenvalue weighted by molar-refractivity contribution is 6.00. The summed E-state index contributed by atoms with van der Waals surface area (Å²) in [4.78, 5) is 30.0. The number of esters is 1. The molecule has 0 aliphatic rings. The number of aromatic nitrogens is 1. The predicted octanol–water partition coefficient (Wildman–Crippen LogP) is 3.05. The number of H-pyrrole nitrogens is 1. The molecule has 0 saturated heterocycles. The van der Waals surface area contributed by atoms with Gasteiger partial charge in [-0.2, -0.15) is 0 Å². The lowest BCUT2D eigenvalue weighted by Crippen LogP contribution is -2.42. The molecule has 0 atom stereocenters. The average molecular weight is 351 g/mol. The van der Waals surface area contributed by atoms with Gasteiger partial charge in [-0.25, -0.2) is 4.79 Å². The Morgan fingerprint density at radius 2 is 1.64 bits per heavy atom. The Morgan fingerprint density at radius 3 is 2.12 bits per heavy atom. The largest absolute Gasteiger partial charge is 0.459 e. The Kier molecular flexibility index (Phi) is 7.67. The van der Waals surface area contributed by atoms with Crippen molar-refractivity contribution in [2.75, 3.05) is 13.1 Å². The van der Waals surface area contributed by atoms with Crippen LogP contribution in [0.1, 0.15) is 73.6 Å². The number of carbonyl (C=O) groups excluding carboxylic acids is 2. The second kappa shape index (κ2) is 9.04. The third-order valence-electron chi connectivity index (χ3n) is 4.19. The molecule has 0 unspecified atom stereocenters. The van der Waals surface area contributed by atoms with Gasteiger partial charge in [0.2, 0.25) is 0 Å². The van der Waals surface area contributed by atoms with E-state index in [1.165, 1.54) is 0 Å². The summed E-state index contributed by atoms with van der Waals surface area (Å²) in [6.45, 7) is 17.1. The normalized spacial score (nSPS) is 11.7. The van der Waals surface area contributed by atoms with Crippen LogP contribution in [0.5, 0.6) is 0 Å². The molecule has 0 saturated carbocycles. The van der Waals surface area contributed by atoms with Gasteiger partial charge in [0.25, 0.3) is 5.91 Å². The van der Waals surface area contributed by atoms with Crippen molar-refractivity contribution in [3.05, 3.63) is 22.5 Å². The Balaban J connectivity index is 2.78. The smallest absolute Gasteiger partial charge is 0.340 e. The molecular weight excluding hydrogens is 318 g/mol.